The maximum Gasteiger partial charge on any atom is 0.335 e. The van der Waals surface area contributed by atoms with Crippen LogP contribution in [0.1, 0.15) is 120 Å². The molecular weight excluding hydrogens is 1060 g/mol. The minimum Gasteiger partial charge on any atom is -0.481 e. The van der Waals surface area contributed by atoms with Gasteiger partial charge >= 0.3 is 23.9 Å². The first-order chi connectivity index (χ1) is 37.2. The molecule has 4 saturated heterocycles. The fraction of sp³-hybridized carbons (Fsp3) is 0.891. The van der Waals surface area contributed by atoms with Gasteiger partial charge in [0.15, 0.2) is 37.2 Å². The first-order valence-electron chi connectivity index (χ1n) is 28.0. The number of aliphatic hydroxyl groups is 10. The van der Waals surface area contributed by atoms with Crippen molar-refractivity contribution in [2.24, 2.45) is 50.2 Å². The molecule has 0 aromatic carbocycles. The number of carbonyl (C=O) groups is 4. The summed E-state index contributed by atoms with van der Waals surface area (Å²) in [5.74, 6) is -5.75. The Morgan fingerprint density at radius 3 is 1.89 bits per heavy atom. The number of fused-ring (bicyclic) bond motifs is 7. The van der Waals surface area contributed by atoms with E-state index in [1.165, 1.54) is 20.8 Å². The zero-order valence-corrected chi connectivity index (χ0v) is 46.7. The fourth-order valence-electron chi connectivity index (χ4n) is 16.5. The van der Waals surface area contributed by atoms with Gasteiger partial charge in [0.05, 0.1) is 42.4 Å². The molecule has 0 aromatic heterocycles. The summed E-state index contributed by atoms with van der Waals surface area (Å²) in [4.78, 5) is 54.2. The van der Waals surface area contributed by atoms with E-state index in [1.54, 1.807) is 0 Å². The van der Waals surface area contributed by atoms with Crippen molar-refractivity contribution in [3.8, 4) is 0 Å². The lowest BCUT2D eigenvalue weighted by Crippen LogP contribution is -2.70. The largest absolute Gasteiger partial charge is 0.481 e. The molecule has 25 heteroatoms. The second-order valence-corrected chi connectivity index (χ2v) is 26.5. The maximum absolute atomic E-state index is 15.7. The first kappa shape index (κ1) is 61.5. The lowest BCUT2D eigenvalue weighted by molar-refractivity contribution is -0.372. The lowest BCUT2D eigenvalue weighted by Gasteiger charge is -2.71. The Bertz CT molecular complexity index is 2390. The molecule has 28 unspecified atom stereocenters. The second kappa shape index (κ2) is 21.5. The Labute approximate surface area is 463 Å². The molecule has 28 atom stereocenters. The Balaban J connectivity index is 1.04. The van der Waals surface area contributed by atoms with Crippen molar-refractivity contribution < 1.29 is 123 Å². The van der Waals surface area contributed by atoms with Crippen LogP contribution in [0.4, 0.5) is 0 Å². The number of carboxylic acid groups (broad SMARTS) is 2. The van der Waals surface area contributed by atoms with Gasteiger partial charge in [-0.1, -0.05) is 46.3 Å². The van der Waals surface area contributed by atoms with Crippen molar-refractivity contribution >= 4 is 23.9 Å². The molecule has 0 radical (unpaired) electrons. The predicted octanol–water partition coefficient (Wildman–Crippen LogP) is -0.641. The number of rotatable bonds is 12. The molecule has 4 aliphatic heterocycles. The van der Waals surface area contributed by atoms with Gasteiger partial charge in [-0.2, -0.15) is 0 Å². The van der Waals surface area contributed by atoms with E-state index in [2.05, 4.69) is 33.8 Å². The molecule has 5 aliphatic carbocycles. The third kappa shape index (κ3) is 9.66. The van der Waals surface area contributed by atoms with E-state index < -0.39 is 198 Å². The highest BCUT2D eigenvalue weighted by molar-refractivity contribution is 5.79. The minimum absolute atomic E-state index is 0.0371. The lowest BCUT2D eigenvalue weighted by atomic mass is 9.33. The van der Waals surface area contributed by atoms with Crippen LogP contribution in [0.5, 0.6) is 0 Å². The molecule has 0 aromatic rings. The van der Waals surface area contributed by atoms with E-state index in [0.29, 0.717) is 51.4 Å². The van der Waals surface area contributed by atoms with E-state index in [0.717, 1.165) is 12.5 Å². The number of aliphatic carboxylic acids is 2. The monoisotopic (exact) mass is 1140 g/mol. The first-order valence-corrected chi connectivity index (χ1v) is 28.0. The van der Waals surface area contributed by atoms with Gasteiger partial charge in [-0.05, 0) is 118 Å². The molecule has 0 spiro atoms. The van der Waals surface area contributed by atoms with Gasteiger partial charge in [0.25, 0.3) is 0 Å². The number of carboxylic acids is 2. The molecule has 9 rings (SSSR count). The van der Waals surface area contributed by atoms with Crippen molar-refractivity contribution in [3.63, 3.8) is 0 Å². The van der Waals surface area contributed by atoms with Gasteiger partial charge in [-0.15, -0.1) is 0 Å². The highest BCUT2D eigenvalue weighted by atomic mass is 16.8. The summed E-state index contributed by atoms with van der Waals surface area (Å²) in [5.41, 5.74) is -6.50. The molecule has 25 nitrogen and oxygen atoms in total. The topological polar surface area (TPSA) is 394 Å². The van der Waals surface area contributed by atoms with Gasteiger partial charge in [-0.3, -0.25) is 14.4 Å². The smallest absolute Gasteiger partial charge is 0.335 e. The van der Waals surface area contributed by atoms with E-state index in [4.69, 9.17) is 42.6 Å². The van der Waals surface area contributed by atoms with E-state index in [-0.39, 0.29) is 17.8 Å². The number of hydrogen-bond acceptors (Lipinski definition) is 23. The molecule has 9 aliphatic rings. The van der Waals surface area contributed by atoms with Crippen LogP contribution in [-0.2, 0) is 61.8 Å². The highest BCUT2D eigenvalue weighted by Gasteiger charge is 2.73. The maximum atomic E-state index is 15.7. The Morgan fingerprint density at radius 2 is 1.27 bits per heavy atom. The molecule has 4 heterocycles. The number of aliphatic hydroxyl groups excluding tert-OH is 9. The van der Waals surface area contributed by atoms with Crippen LogP contribution in [0, 0.1) is 50.2 Å². The van der Waals surface area contributed by atoms with Crippen LogP contribution in [-0.4, -0.2) is 221 Å². The van der Waals surface area contributed by atoms with Crippen LogP contribution in [0.2, 0.25) is 0 Å². The number of hydrogen-bond donors (Lipinski definition) is 12. The summed E-state index contributed by atoms with van der Waals surface area (Å²) >= 11 is 0. The van der Waals surface area contributed by atoms with Crippen molar-refractivity contribution in [1.82, 2.24) is 0 Å². The highest BCUT2D eigenvalue weighted by Crippen LogP contribution is 2.76. The fourth-order valence-corrected chi connectivity index (χ4v) is 16.5. The molecule has 0 bridgehead atoms. The molecule has 80 heavy (non-hydrogen) atoms. The quantitative estimate of drug-likeness (QED) is 0.0657. The van der Waals surface area contributed by atoms with Gasteiger partial charge in [0, 0.05) is 6.92 Å². The minimum atomic E-state index is -2.17. The summed E-state index contributed by atoms with van der Waals surface area (Å²) in [6.45, 7) is 14.7. The number of esters is 2. The summed E-state index contributed by atoms with van der Waals surface area (Å²) in [6, 6.07) is 0. The third-order valence-corrected chi connectivity index (χ3v) is 21.4. The molecule has 454 valence electrons. The van der Waals surface area contributed by atoms with Crippen molar-refractivity contribution in [2.45, 2.75) is 242 Å². The molecule has 12 N–H and O–H groups in total. The normalized spacial score (nSPS) is 52.7. The number of ether oxygens (including phenoxy) is 9. The zero-order chi connectivity index (χ0) is 58.9. The van der Waals surface area contributed by atoms with Crippen molar-refractivity contribution in [3.05, 3.63) is 11.6 Å². The Hall–Kier alpha value is -3.06. The number of allylic oxidation sites excluding steroid dienone is 2. The third-order valence-electron chi connectivity index (χ3n) is 21.4. The predicted molar refractivity (Wildman–Crippen MR) is 267 cm³/mol. The van der Waals surface area contributed by atoms with Crippen LogP contribution in [0.3, 0.4) is 0 Å². The van der Waals surface area contributed by atoms with Crippen molar-refractivity contribution in [2.75, 3.05) is 13.2 Å². The van der Waals surface area contributed by atoms with E-state index >= 15 is 4.79 Å². The zero-order valence-electron chi connectivity index (χ0n) is 46.7. The summed E-state index contributed by atoms with van der Waals surface area (Å²) in [7, 11) is 0. The van der Waals surface area contributed by atoms with Crippen LogP contribution in [0.15, 0.2) is 11.6 Å². The van der Waals surface area contributed by atoms with Crippen LogP contribution < -0.4 is 0 Å². The van der Waals surface area contributed by atoms with Gasteiger partial charge in [-0.25, -0.2) is 4.79 Å². The molecular formula is C55H84O25. The average molecular weight is 1150 g/mol. The summed E-state index contributed by atoms with van der Waals surface area (Å²) < 4.78 is 54.4. The van der Waals surface area contributed by atoms with Gasteiger partial charge in [0.2, 0.25) is 6.29 Å². The van der Waals surface area contributed by atoms with E-state index in [9.17, 15) is 75.7 Å². The second-order valence-electron chi connectivity index (χ2n) is 26.5. The Morgan fingerprint density at radius 1 is 0.662 bits per heavy atom. The van der Waals surface area contributed by atoms with Crippen molar-refractivity contribution in [1.29, 1.82) is 0 Å². The molecule has 4 saturated carbocycles. The molecule has 8 fully saturated rings. The Kier molecular flexibility index (Phi) is 16.5. The average Bonchev–Trinajstić information content (AvgIpc) is 2.41. The molecule has 0 amide bonds. The van der Waals surface area contributed by atoms with E-state index in [1.807, 2.05) is 6.92 Å². The van der Waals surface area contributed by atoms with Crippen LogP contribution in [0.25, 0.3) is 0 Å². The van der Waals surface area contributed by atoms with Gasteiger partial charge in [0.1, 0.15) is 60.5 Å². The van der Waals surface area contributed by atoms with Crippen LogP contribution >= 0.6 is 0 Å². The number of carbonyl (C=O) groups excluding carboxylic acids is 2. The summed E-state index contributed by atoms with van der Waals surface area (Å²) in [6.07, 6.45) is -26.4. The standard InChI is InChI=1S/C55H84O25/c1-22-30(59)31(60)34(63)43(73-22)78-39-38(77-46-40(65)55(71,20-56)21-72-46)36(75-24(3)57)23(2)74-45(39)80-48(70)54-16-14-49(4,5)18-26(54)25-10-11-28-50(6)19-27(58)41(79-44-35(64)32(61)33(62)37(76-44)42(66)67)53(9,47(68)69)29(50)12-13-52(28,8)51(25,7)15-17-54/h10,22-23,26-41,43-46,56,58-65,71H,11-21H2,1-9H3,(H,66,67)(H,68,69). The summed E-state index contributed by atoms with van der Waals surface area (Å²) in [5, 5.41) is 130. The van der Waals surface area contributed by atoms with Gasteiger partial charge < -0.3 is 104 Å². The SMILES string of the molecule is CC(=O)OC1C(C)OC(OC(=O)C23CCC(C)(C)CC2C2=CCC4C5(C)CC(O)C(OC6OC(C(=O)O)C(O)C(O)C6O)C(C)(C(=O)O)C5CCC4(C)C2(C)CC3)C(OC2OC(C)C(O)C(O)C2O)C1OC1OCC(O)(CO)C1O.